The first-order chi connectivity index (χ1) is 31.5. The number of carbonyl (C=O) groups is 1. The molecule has 0 radical (unpaired) electrons. The number of aromatic hydroxyl groups is 3. The van der Waals surface area contributed by atoms with E-state index in [1.54, 1.807) is 0 Å². The SMILES string of the molecule is COc1cc(C=CC(=O)OCC2OC(OC3C(OC4=Cc5c(cc(O)cc5OC5OC(CO)C(O)C(O)C5O)OC4c4ccc(O)cc4)OC(CO)C(O)C3O)C(O)C(O)C2O)ccc1O. The summed E-state index contributed by atoms with van der Waals surface area (Å²) in [5.74, 6) is -1.97. The zero-order valence-corrected chi connectivity index (χ0v) is 34.7. The summed E-state index contributed by atoms with van der Waals surface area (Å²) in [6.45, 7) is -2.34. The molecule has 0 amide bonds. The normalized spacial score (nSPS) is 34.4. The molecule has 0 saturated carbocycles. The molecule has 7 rings (SSSR count). The molecule has 4 aliphatic rings. The Balaban J connectivity index is 1.16. The lowest BCUT2D eigenvalue weighted by atomic mass is 9.97. The quantitative estimate of drug-likeness (QED) is 0.0581. The number of phenolic OH excluding ortho intramolecular Hbond substituents is 3. The molecule has 3 aromatic rings. The van der Waals surface area contributed by atoms with Gasteiger partial charge in [-0.1, -0.05) is 18.2 Å². The number of esters is 1. The average Bonchev–Trinajstić information content (AvgIpc) is 3.30. The molecule has 360 valence electrons. The summed E-state index contributed by atoms with van der Waals surface area (Å²) in [5, 5.41) is 137. The van der Waals surface area contributed by atoms with E-state index < -0.39 is 130 Å². The Morgan fingerprint density at radius 1 is 0.652 bits per heavy atom. The molecule has 13 N–H and O–H groups in total. The highest BCUT2D eigenvalue weighted by Gasteiger charge is 2.52. The van der Waals surface area contributed by atoms with Crippen molar-refractivity contribution in [2.24, 2.45) is 0 Å². The number of aliphatic hydroxyl groups excluding tert-OH is 10. The second kappa shape index (κ2) is 20.7. The predicted octanol–water partition coefficient (Wildman–Crippen LogP) is -2.63. The standard InChI is InChI=1S/C43H50O23/c1-58-25-10-17(2-8-22(25)48)3-9-30(49)59-16-29-33(52)35(54)38(57)42(65-29)66-40-36(55)32(51)28(15-45)64-43(40)62-26-13-21-23(60-39(26)18-4-6-19(46)7-5-18)11-20(47)12-24(21)61-41-37(56)34(53)31(50)27(14-44)63-41/h2-13,27-29,31-48,50-57H,14-16H2,1H3. The van der Waals surface area contributed by atoms with Crippen LogP contribution in [-0.4, -0.2) is 191 Å². The maximum atomic E-state index is 12.6. The van der Waals surface area contributed by atoms with Crippen LogP contribution in [0.4, 0.5) is 0 Å². The Morgan fingerprint density at radius 3 is 1.94 bits per heavy atom. The summed E-state index contributed by atoms with van der Waals surface area (Å²) < 4.78 is 51.8. The van der Waals surface area contributed by atoms with Gasteiger partial charge in [-0.2, -0.15) is 0 Å². The molecule has 4 aliphatic heterocycles. The molecule has 0 aromatic heterocycles. The molecule has 3 aromatic carbocycles. The van der Waals surface area contributed by atoms with E-state index in [9.17, 15) is 71.2 Å². The minimum absolute atomic E-state index is 0.000490. The van der Waals surface area contributed by atoms with Crippen LogP contribution in [0.15, 0.2) is 66.4 Å². The molecule has 23 heteroatoms. The zero-order valence-electron chi connectivity index (χ0n) is 34.7. The van der Waals surface area contributed by atoms with Gasteiger partial charge in [-0.15, -0.1) is 0 Å². The first kappa shape index (κ1) is 48.6. The molecule has 23 nitrogen and oxygen atoms in total. The van der Waals surface area contributed by atoms with Gasteiger partial charge in [-0.05, 0) is 42.0 Å². The van der Waals surface area contributed by atoms with Gasteiger partial charge in [-0.3, -0.25) is 0 Å². The van der Waals surface area contributed by atoms with E-state index in [0.29, 0.717) is 11.1 Å². The van der Waals surface area contributed by atoms with Crippen LogP contribution in [0.1, 0.15) is 22.8 Å². The van der Waals surface area contributed by atoms with Gasteiger partial charge in [0.25, 0.3) is 0 Å². The number of methoxy groups -OCH3 is 1. The van der Waals surface area contributed by atoms with Gasteiger partial charge in [0.2, 0.25) is 12.6 Å². The first-order valence-corrected chi connectivity index (χ1v) is 20.4. The lowest BCUT2D eigenvalue weighted by molar-refractivity contribution is -0.364. The van der Waals surface area contributed by atoms with Crippen LogP contribution in [0.2, 0.25) is 0 Å². The highest BCUT2D eigenvalue weighted by atomic mass is 16.8. The number of ether oxygens (including phenoxy) is 9. The number of aliphatic hydroxyl groups is 10. The molecule has 4 heterocycles. The minimum atomic E-state index is -2.04. The topological polar surface area (TPSA) is 363 Å². The molecule has 0 bridgehead atoms. The molecule has 0 aliphatic carbocycles. The van der Waals surface area contributed by atoms with E-state index in [0.717, 1.165) is 12.1 Å². The van der Waals surface area contributed by atoms with Crippen molar-refractivity contribution in [2.45, 2.75) is 98.2 Å². The fraction of sp³-hybridized carbons (Fsp3) is 0.465. The Bertz CT molecular complexity index is 2200. The van der Waals surface area contributed by atoms with Crippen LogP contribution in [0.3, 0.4) is 0 Å². The molecule has 16 atom stereocenters. The second-order valence-corrected chi connectivity index (χ2v) is 15.6. The highest BCUT2D eigenvalue weighted by Crippen LogP contribution is 2.46. The van der Waals surface area contributed by atoms with Gasteiger partial charge in [0, 0.05) is 23.8 Å². The Morgan fingerprint density at radius 2 is 1.27 bits per heavy atom. The van der Waals surface area contributed by atoms with Gasteiger partial charge in [-0.25, -0.2) is 4.79 Å². The first-order valence-electron chi connectivity index (χ1n) is 20.4. The van der Waals surface area contributed by atoms with Crippen molar-refractivity contribution in [3.8, 4) is 34.5 Å². The number of hydrogen-bond acceptors (Lipinski definition) is 23. The van der Waals surface area contributed by atoms with Crippen molar-refractivity contribution in [3.63, 3.8) is 0 Å². The van der Waals surface area contributed by atoms with E-state index in [4.69, 9.17) is 42.6 Å². The lowest BCUT2D eigenvalue weighted by Crippen LogP contribution is -2.64. The number of hydrogen-bond donors (Lipinski definition) is 13. The molecular weight excluding hydrogens is 884 g/mol. The van der Waals surface area contributed by atoms with E-state index in [1.807, 2.05) is 0 Å². The number of phenols is 3. The van der Waals surface area contributed by atoms with Crippen LogP contribution in [-0.2, 0) is 33.2 Å². The van der Waals surface area contributed by atoms with Crippen LogP contribution < -0.4 is 14.2 Å². The maximum absolute atomic E-state index is 12.6. The van der Waals surface area contributed by atoms with Crippen LogP contribution in [0, 0.1) is 0 Å². The summed E-state index contributed by atoms with van der Waals surface area (Å²) in [6, 6.07) is 12.1. The summed E-state index contributed by atoms with van der Waals surface area (Å²) in [4.78, 5) is 12.6. The molecule has 0 spiro atoms. The average molecular weight is 935 g/mol. The second-order valence-electron chi connectivity index (χ2n) is 15.6. The van der Waals surface area contributed by atoms with Crippen LogP contribution in [0.25, 0.3) is 12.2 Å². The third-order valence-corrected chi connectivity index (χ3v) is 11.2. The minimum Gasteiger partial charge on any atom is -0.508 e. The smallest absolute Gasteiger partial charge is 0.330 e. The predicted molar refractivity (Wildman–Crippen MR) is 217 cm³/mol. The summed E-state index contributed by atoms with van der Waals surface area (Å²) >= 11 is 0. The number of fused-ring (bicyclic) bond motifs is 1. The molecule has 3 saturated heterocycles. The van der Waals surface area contributed by atoms with Crippen molar-refractivity contribution in [3.05, 3.63) is 83.1 Å². The van der Waals surface area contributed by atoms with Gasteiger partial charge >= 0.3 is 5.97 Å². The molecule has 66 heavy (non-hydrogen) atoms. The molecule has 16 unspecified atom stereocenters. The largest absolute Gasteiger partial charge is 0.508 e. The van der Waals surface area contributed by atoms with E-state index in [-0.39, 0.29) is 40.1 Å². The van der Waals surface area contributed by atoms with E-state index >= 15 is 0 Å². The Hall–Kier alpha value is -5.35. The third kappa shape index (κ3) is 10.3. The zero-order chi connectivity index (χ0) is 47.6. The number of rotatable bonds is 14. The van der Waals surface area contributed by atoms with Crippen LogP contribution >= 0.6 is 0 Å². The summed E-state index contributed by atoms with van der Waals surface area (Å²) in [6.07, 6.45) is -24.6. The Labute approximate surface area is 374 Å². The number of benzene rings is 3. The van der Waals surface area contributed by atoms with E-state index in [2.05, 4.69) is 0 Å². The van der Waals surface area contributed by atoms with Crippen molar-refractivity contribution in [1.82, 2.24) is 0 Å². The fourth-order valence-corrected chi connectivity index (χ4v) is 7.52. The van der Waals surface area contributed by atoms with Crippen molar-refractivity contribution in [2.75, 3.05) is 26.9 Å². The van der Waals surface area contributed by atoms with Gasteiger partial charge in [0.1, 0.15) is 103 Å². The van der Waals surface area contributed by atoms with Gasteiger partial charge in [0.05, 0.1) is 25.9 Å². The third-order valence-electron chi connectivity index (χ3n) is 11.2. The van der Waals surface area contributed by atoms with Gasteiger partial charge in [0.15, 0.2) is 30.0 Å². The molecule has 3 fully saturated rings. The summed E-state index contributed by atoms with van der Waals surface area (Å²) in [5.41, 5.74) is 0.768. The van der Waals surface area contributed by atoms with Crippen molar-refractivity contribution < 1.29 is 114 Å². The maximum Gasteiger partial charge on any atom is 0.330 e. The van der Waals surface area contributed by atoms with Gasteiger partial charge < -0.3 is 109 Å². The van der Waals surface area contributed by atoms with Crippen LogP contribution in [0.5, 0.6) is 34.5 Å². The van der Waals surface area contributed by atoms with Crippen molar-refractivity contribution in [1.29, 1.82) is 0 Å². The Kier molecular flexibility index (Phi) is 15.2. The monoisotopic (exact) mass is 934 g/mol. The number of carbonyl (C=O) groups excluding carboxylic acids is 1. The fourth-order valence-electron chi connectivity index (χ4n) is 7.52. The van der Waals surface area contributed by atoms with Crippen molar-refractivity contribution >= 4 is 18.1 Å². The molecular formula is C43H50O23. The lowest BCUT2D eigenvalue weighted by Gasteiger charge is -2.46. The summed E-state index contributed by atoms with van der Waals surface area (Å²) in [7, 11) is 1.34. The van der Waals surface area contributed by atoms with E-state index in [1.165, 1.54) is 67.8 Å². The highest BCUT2D eigenvalue weighted by molar-refractivity contribution is 5.87.